The van der Waals surface area contributed by atoms with Crippen LogP contribution >= 0.6 is 0 Å². The Balaban J connectivity index is 2.22. The molecule has 1 aliphatic rings. The highest BCUT2D eigenvalue weighted by molar-refractivity contribution is 5.70. The Kier molecular flexibility index (Phi) is 5.60. The summed E-state index contributed by atoms with van der Waals surface area (Å²) in [5.74, 6) is -0.0877. The summed E-state index contributed by atoms with van der Waals surface area (Å²) in [6.07, 6.45) is 3.93. The highest BCUT2D eigenvalue weighted by atomic mass is 16.5. The number of carbonyl (C=O) groups excluding carboxylic acids is 1. The van der Waals surface area contributed by atoms with Crippen molar-refractivity contribution < 1.29 is 9.53 Å². The van der Waals surface area contributed by atoms with Crippen LogP contribution < -0.4 is 0 Å². The standard InChI is InChI=1S/C17H25NO2/c1-3-14-9-5-6-10-15(14)16(13-17(19)20-4-2)18-11-7-8-12-18/h5-6,9-10,16H,3-4,7-8,11-13H2,1-2H3. The maximum Gasteiger partial charge on any atom is 0.307 e. The van der Waals surface area contributed by atoms with Gasteiger partial charge in [0.05, 0.1) is 13.0 Å². The maximum absolute atomic E-state index is 11.9. The Morgan fingerprint density at radius 1 is 1.25 bits per heavy atom. The van der Waals surface area contributed by atoms with E-state index in [1.54, 1.807) is 0 Å². The lowest BCUT2D eigenvalue weighted by Gasteiger charge is -2.28. The van der Waals surface area contributed by atoms with E-state index in [-0.39, 0.29) is 12.0 Å². The summed E-state index contributed by atoms with van der Waals surface area (Å²) in [6, 6.07) is 8.66. The van der Waals surface area contributed by atoms with Crippen molar-refractivity contribution in [2.24, 2.45) is 0 Å². The van der Waals surface area contributed by atoms with Crippen LogP contribution in [0.5, 0.6) is 0 Å². The molecule has 0 bridgehead atoms. The number of hydrogen-bond donors (Lipinski definition) is 0. The monoisotopic (exact) mass is 275 g/mol. The van der Waals surface area contributed by atoms with Gasteiger partial charge in [0.2, 0.25) is 0 Å². The predicted octanol–water partition coefficient (Wildman–Crippen LogP) is 3.34. The van der Waals surface area contributed by atoms with Gasteiger partial charge in [0.15, 0.2) is 0 Å². The van der Waals surface area contributed by atoms with E-state index < -0.39 is 0 Å². The van der Waals surface area contributed by atoms with Crippen LogP contribution in [0.4, 0.5) is 0 Å². The Bertz CT molecular complexity index is 438. The zero-order valence-electron chi connectivity index (χ0n) is 12.6. The Labute approximate surface area is 121 Å². The molecule has 1 fully saturated rings. The van der Waals surface area contributed by atoms with Crippen LogP contribution in [0.1, 0.15) is 50.3 Å². The first-order chi connectivity index (χ1) is 9.76. The van der Waals surface area contributed by atoms with E-state index in [0.717, 1.165) is 19.5 Å². The molecule has 1 saturated heterocycles. The first kappa shape index (κ1) is 15.0. The molecule has 3 nitrogen and oxygen atoms in total. The van der Waals surface area contributed by atoms with Crippen LogP contribution in [0, 0.1) is 0 Å². The third kappa shape index (κ3) is 3.60. The van der Waals surface area contributed by atoms with Crippen molar-refractivity contribution in [2.45, 2.75) is 45.6 Å². The molecule has 3 heteroatoms. The zero-order chi connectivity index (χ0) is 14.4. The summed E-state index contributed by atoms with van der Waals surface area (Å²) < 4.78 is 5.16. The third-order valence-corrected chi connectivity index (χ3v) is 4.04. The van der Waals surface area contributed by atoms with Crippen LogP contribution in [0.2, 0.25) is 0 Å². The second-order valence-corrected chi connectivity index (χ2v) is 5.32. The lowest BCUT2D eigenvalue weighted by atomic mass is 9.95. The highest BCUT2D eigenvalue weighted by Crippen LogP contribution is 2.31. The Morgan fingerprint density at radius 2 is 1.95 bits per heavy atom. The molecule has 0 radical (unpaired) electrons. The molecule has 1 unspecified atom stereocenters. The minimum absolute atomic E-state index is 0.0877. The smallest absolute Gasteiger partial charge is 0.307 e. The number of aryl methyl sites for hydroxylation is 1. The third-order valence-electron chi connectivity index (χ3n) is 4.04. The largest absolute Gasteiger partial charge is 0.466 e. The molecule has 0 spiro atoms. The van der Waals surface area contributed by atoms with Gasteiger partial charge in [-0.1, -0.05) is 31.2 Å². The van der Waals surface area contributed by atoms with Gasteiger partial charge in [0.25, 0.3) is 0 Å². The molecule has 1 aromatic rings. The van der Waals surface area contributed by atoms with Crippen LogP contribution in [0.3, 0.4) is 0 Å². The summed E-state index contributed by atoms with van der Waals surface area (Å²) >= 11 is 0. The molecule has 2 rings (SSSR count). The summed E-state index contributed by atoms with van der Waals surface area (Å²) in [5, 5.41) is 0. The van der Waals surface area contributed by atoms with Gasteiger partial charge >= 0.3 is 5.97 Å². The minimum Gasteiger partial charge on any atom is -0.466 e. The summed E-state index contributed by atoms with van der Waals surface area (Å²) in [4.78, 5) is 14.4. The summed E-state index contributed by atoms with van der Waals surface area (Å²) in [7, 11) is 0. The van der Waals surface area contributed by atoms with Crippen LogP contribution in [0.15, 0.2) is 24.3 Å². The van der Waals surface area contributed by atoms with Gasteiger partial charge in [-0.15, -0.1) is 0 Å². The van der Waals surface area contributed by atoms with E-state index in [0.29, 0.717) is 13.0 Å². The number of esters is 1. The number of likely N-dealkylation sites (tertiary alicyclic amines) is 1. The van der Waals surface area contributed by atoms with E-state index in [1.807, 2.05) is 6.92 Å². The van der Waals surface area contributed by atoms with Gasteiger partial charge in [-0.25, -0.2) is 0 Å². The van der Waals surface area contributed by atoms with Crippen molar-refractivity contribution >= 4 is 5.97 Å². The fourth-order valence-electron chi connectivity index (χ4n) is 3.05. The Hall–Kier alpha value is -1.35. The first-order valence-electron chi connectivity index (χ1n) is 7.73. The van der Waals surface area contributed by atoms with Gasteiger partial charge in [0.1, 0.15) is 0 Å². The topological polar surface area (TPSA) is 29.5 Å². The second-order valence-electron chi connectivity index (χ2n) is 5.32. The molecule has 1 aliphatic heterocycles. The van der Waals surface area contributed by atoms with Crippen molar-refractivity contribution in [1.29, 1.82) is 0 Å². The first-order valence-corrected chi connectivity index (χ1v) is 7.73. The average Bonchev–Trinajstić information content (AvgIpc) is 2.99. The van der Waals surface area contributed by atoms with Gasteiger partial charge in [-0.05, 0) is 50.4 Å². The number of carbonyl (C=O) groups is 1. The lowest BCUT2D eigenvalue weighted by Crippen LogP contribution is -2.29. The zero-order valence-corrected chi connectivity index (χ0v) is 12.6. The predicted molar refractivity (Wildman–Crippen MR) is 80.6 cm³/mol. The van der Waals surface area contributed by atoms with Gasteiger partial charge in [0, 0.05) is 6.04 Å². The van der Waals surface area contributed by atoms with Crippen molar-refractivity contribution in [2.75, 3.05) is 19.7 Å². The molecule has 110 valence electrons. The molecular formula is C17H25NO2. The molecule has 0 N–H and O–H groups in total. The average molecular weight is 275 g/mol. The number of ether oxygens (including phenoxy) is 1. The maximum atomic E-state index is 11.9. The Morgan fingerprint density at radius 3 is 2.60 bits per heavy atom. The van der Waals surface area contributed by atoms with Crippen molar-refractivity contribution in [3.05, 3.63) is 35.4 Å². The molecule has 1 heterocycles. The SMILES string of the molecule is CCOC(=O)CC(c1ccccc1CC)N1CCCC1. The van der Waals surface area contributed by atoms with Crippen molar-refractivity contribution in [3.8, 4) is 0 Å². The molecule has 1 aromatic carbocycles. The fraction of sp³-hybridized carbons (Fsp3) is 0.588. The molecular weight excluding hydrogens is 250 g/mol. The molecule has 0 aliphatic carbocycles. The second kappa shape index (κ2) is 7.44. The van der Waals surface area contributed by atoms with E-state index in [9.17, 15) is 4.79 Å². The molecule has 20 heavy (non-hydrogen) atoms. The van der Waals surface area contributed by atoms with Gasteiger partial charge in [-0.3, -0.25) is 9.69 Å². The van der Waals surface area contributed by atoms with Crippen LogP contribution in [-0.2, 0) is 16.0 Å². The lowest BCUT2D eigenvalue weighted by molar-refractivity contribution is -0.144. The van der Waals surface area contributed by atoms with Crippen LogP contribution in [0.25, 0.3) is 0 Å². The van der Waals surface area contributed by atoms with E-state index >= 15 is 0 Å². The summed E-state index contributed by atoms with van der Waals surface area (Å²) in [6.45, 7) is 6.66. The number of rotatable bonds is 6. The van der Waals surface area contributed by atoms with Gasteiger partial charge < -0.3 is 4.74 Å². The molecule has 0 aromatic heterocycles. The quantitative estimate of drug-likeness (QED) is 0.746. The highest BCUT2D eigenvalue weighted by Gasteiger charge is 2.27. The van der Waals surface area contributed by atoms with Crippen molar-refractivity contribution in [3.63, 3.8) is 0 Å². The molecule has 0 amide bonds. The minimum atomic E-state index is -0.0877. The normalized spacial score (nSPS) is 17.1. The number of nitrogens with zero attached hydrogens (tertiary/aromatic N) is 1. The summed E-state index contributed by atoms with van der Waals surface area (Å²) in [5.41, 5.74) is 2.64. The number of benzene rings is 1. The van der Waals surface area contributed by atoms with Gasteiger partial charge in [-0.2, -0.15) is 0 Å². The molecule has 1 atom stereocenters. The molecule has 0 saturated carbocycles. The van der Waals surface area contributed by atoms with E-state index in [4.69, 9.17) is 4.74 Å². The van der Waals surface area contributed by atoms with E-state index in [1.165, 1.54) is 24.0 Å². The van der Waals surface area contributed by atoms with E-state index in [2.05, 4.69) is 36.1 Å². The van der Waals surface area contributed by atoms with Crippen LogP contribution in [-0.4, -0.2) is 30.6 Å². The number of hydrogen-bond acceptors (Lipinski definition) is 3. The fourth-order valence-corrected chi connectivity index (χ4v) is 3.05. The van der Waals surface area contributed by atoms with Crippen molar-refractivity contribution in [1.82, 2.24) is 4.90 Å².